The summed E-state index contributed by atoms with van der Waals surface area (Å²) in [4.78, 5) is 24.1. The Kier molecular flexibility index (Phi) is 10.3. The second-order valence-electron chi connectivity index (χ2n) is 5.39. The molecule has 0 bridgehead atoms. The Labute approximate surface area is 143 Å². The van der Waals surface area contributed by atoms with Gasteiger partial charge in [0.2, 0.25) is 0 Å². The number of hydrogen-bond donors (Lipinski definition) is 1. The normalized spacial score (nSPS) is 11.6. The van der Waals surface area contributed by atoms with Crippen molar-refractivity contribution in [3.8, 4) is 0 Å². The number of carbonyl (C=O) groups is 2. The maximum Gasteiger partial charge on any atom is 0.407 e. The van der Waals surface area contributed by atoms with Crippen LogP contribution in [0.1, 0.15) is 31.7 Å². The Hall–Kier alpha value is -2.08. The van der Waals surface area contributed by atoms with E-state index in [-0.39, 0.29) is 6.61 Å². The first-order chi connectivity index (χ1) is 11.7. The van der Waals surface area contributed by atoms with Crippen molar-refractivity contribution in [2.45, 2.75) is 38.6 Å². The lowest BCUT2D eigenvalue weighted by Gasteiger charge is -2.17. The molecule has 1 rings (SSSR count). The van der Waals surface area contributed by atoms with Gasteiger partial charge in [0, 0.05) is 13.5 Å². The van der Waals surface area contributed by atoms with E-state index in [9.17, 15) is 9.59 Å². The molecule has 0 radical (unpaired) electrons. The third-order valence-corrected chi connectivity index (χ3v) is 3.37. The zero-order valence-electron chi connectivity index (χ0n) is 14.5. The first-order valence-corrected chi connectivity index (χ1v) is 8.30. The molecule has 24 heavy (non-hydrogen) atoms. The van der Waals surface area contributed by atoms with Crippen molar-refractivity contribution >= 4 is 12.1 Å². The molecule has 0 aliphatic rings. The standard InChI is InChI=1S/C18H27NO5/c1-3-4-8-11-23-17(20)16(14-15-9-6-5-7-10-15)19-18(21)24-13-12-22-2/h5-7,9-10,16H,3-4,8,11-14H2,1-2H3,(H,19,21). The van der Waals surface area contributed by atoms with Crippen LogP contribution in [-0.2, 0) is 25.4 Å². The molecule has 0 aliphatic carbocycles. The van der Waals surface area contributed by atoms with Crippen molar-refractivity contribution in [3.05, 3.63) is 35.9 Å². The van der Waals surface area contributed by atoms with Crippen LogP contribution in [0.5, 0.6) is 0 Å². The second-order valence-corrected chi connectivity index (χ2v) is 5.39. The van der Waals surface area contributed by atoms with Crippen LogP contribution in [0.2, 0.25) is 0 Å². The van der Waals surface area contributed by atoms with Gasteiger partial charge in [0.15, 0.2) is 0 Å². The molecule has 6 heteroatoms. The van der Waals surface area contributed by atoms with Crippen molar-refractivity contribution < 1.29 is 23.8 Å². The number of alkyl carbamates (subject to hydrolysis) is 1. The van der Waals surface area contributed by atoms with Crippen LogP contribution in [-0.4, -0.2) is 45.0 Å². The van der Waals surface area contributed by atoms with E-state index in [2.05, 4.69) is 12.2 Å². The lowest BCUT2D eigenvalue weighted by molar-refractivity contribution is -0.146. The first-order valence-electron chi connectivity index (χ1n) is 8.30. The third kappa shape index (κ3) is 8.53. The summed E-state index contributed by atoms with van der Waals surface area (Å²) in [7, 11) is 1.52. The number of unbranched alkanes of at least 4 members (excludes halogenated alkanes) is 2. The summed E-state index contributed by atoms with van der Waals surface area (Å²) in [5.74, 6) is -0.446. The van der Waals surface area contributed by atoms with Gasteiger partial charge in [0.1, 0.15) is 12.6 Å². The van der Waals surface area contributed by atoms with Crippen LogP contribution >= 0.6 is 0 Å². The number of amides is 1. The summed E-state index contributed by atoms with van der Waals surface area (Å²) in [6.45, 7) is 2.88. The summed E-state index contributed by atoms with van der Waals surface area (Å²) in [5.41, 5.74) is 0.935. The van der Waals surface area contributed by atoms with Crippen LogP contribution in [0, 0.1) is 0 Å². The second kappa shape index (κ2) is 12.4. The zero-order chi connectivity index (χ0) is 17.6. The molecule has 1 unspecified atom stereocenters. The number of carbonyl (C=O) groups excluding carboxylic acids is 2. The number of hydrogen-bond acceptors (Lipinski definition) is 5. The first kappa shape index (κ1) is 20.0. The molecule has 0 aromatic heterocycles. The van der Waals surface area contributed by atoms with Gasteiger partial charge in [-0.05, 0) is 12.0 Å². The van der Waals surface area contributed by atoms with Crippen molar-refractivity contribution in [1.82, 2.24) is 5.32 Å². The highest BCUT2D eigenvalue weighted by Crippen LogP contribution is 2.06. The van der Waals surface area contributed by atoms with E-state index in [1.165, 1.54) is 7.11 Å². The van der Waals surface area contributed by atoms with Gasteiger partial charge in [0.05, 0.1) is 13.2 Å². The molecular formula is C18H27NO5. The van der Waals surface area contributed by atoms with Gasteiger partial charge in [-0.1, -0.05) is 50.1 Å². The van der Waals surface area contributed by atoms with Crippen molar-refractivity contribution in [2.24, 2.45) is 0 Å². The predicted octanol–water partition coefficient (Wildman–Crippen LogP) is 2.70. The SMILES string of the molecule is CCCCCOC(=O)C(Cc1ccccc1)NC(=O)OCCOC. The van der Waals surface area contributed by atoms with E-state index >= 15 is 0 Å². The van der Waals surface area contributed by atoms with Gasteiger partial charge in [-0.25, -0.2) is 9.59 Å². The minimum Gasteiger partial charge on any atom is -0.464 e. The van der Waals surface area contributed by atoms with Gasteiger partial charge < -0.3 is 19.5 Å². The van der Waals surface area contributed by atoms with E-state index in [4.69, 9.17) is 14.2 Å². The Bertz CT molecular complexity index is 478. The summed E-state index contributed by atoms with van der Waals surface area (Å²) in [6.07, 6.45) is 2.57. The van der Waals surface area contributed by atoms with Crippen LogP contribution in [0.15, 0.2) is 30.3 Å². The zero-order valence-corrected chi connectivity index (χ0v) is 14.5. The molecule has 1 aromatic carbocycles. The Morgan fingerprint density at radius 3 is 2.46 bits per heavy atom. The quantitative estimate of drug-likeness (QED) is 0.496. The highest BCUT2D eigenvalue weighted by Gasteiger charge is 2.23. The number of methoxy groups -OCH3 is 1. The summed E-state index contributed by atoms with van der Waals surface area (Å²) < 4.78 is 15.1. The number of esters is 1. The molecule has 1 atom stereocenters. The molecule has 0 fully saturated rings. The van der Waals surface area contributed by atoms with Crippen molar-refractivity contribution in [3.63, 3.8) is 0 Å². The van der Waals surface area contributed by atoms with Crippen LogP contribution < -0.4 is 5.32 Å². The molecule has 0 heterocycles. The number of ether oxygens (including phenoxy) is 3. The Balaban J connectivity index is 2.57. The van der Waals surface area contributed by atoms with E-state index in [0.29, 0.717) is 19.6 Å². The van der Waals surface area contributed by atoms with Crippen LogP contribution in [0.4, 0.5) is 4.79 Å². The molecule has 1 amide bonds. The fourth-order valence-electron chi connectivity index (χ4n) is 2.07. The van der Waals surface area contributed by atoms with E-state index in [1.54, 1.807) is 0 Å². The molecule has 0 saturated heterocycles. The lowest BCUT2D eigenvalue weighted by atomic mass is 10.1. The van der Waals surface area contributed by atoms with Gasteiger partial charge in [-0.15, -0.1) is 0 Å². The predicted molar refractivity (Wildman–Crippen MR) is 90.8 cm³/mol. The molecular weight excluding hydrogens is 310 g/mol. The summed E-state index contributed by atoms with van der Waals surface area (Å²) in [5, 5.41) is 2.57. The highest BCUT2D eigenvalue weighted by molar-refractivity contribution is 5.81. The van der Waals surface area contributed by atoms with Crippen molar-refractivity contribution in [1.29, 1.82) is 0 Å². The average molecular weight is 337 g/mol. The molecule has 1 N–H and O–H groups in total. The van der Waals surface area contributed by atoms with E-state index < -0.39 is 18.1 Å². The van der Waals surface area contributed by atoms with E-state index in [1.807, 2.05) is 30.3 Å². The van der Waals surface area contributed by atoms with Crippen LogP contribution in [0.3, 0.4) is 0 Å². The van der Waals surface area contributed by atoms with Gasteiger partial charge in [-0.3, -0.25) is 0 Å². The maximum atomic E-state index is 12.3. The summed E-state index contributed by atoms with van der Waals surface area (Å²) >= 11 is 0. The van der Waals surface area contributed by atoms with Crippen molar-refractivity contribution in [2.75, 3.05) is 26.9 Å². The monoisotopic (exact) mass is 337 g/mol. The number of benzene rings is 1. The largest absolute Gasteiger partial charge is 0.464 e. The molecule has 0 spiro atoms. The lowest BCUT2D eigenvalue weighted by Crippen LogP contribution is -2.44. The van der Waals surface area contributed by atoms with Crippen LogP contribution in [0.25, 0.3) is 0 Å². The Morgan fingerprint density at radius 2 is 1.79 bits per heavy atom. The topological polar surface area (TPSA) is 73.9 Å². The highest BCUT2D eigenvalue weighted by atomic mass is 16.6. The smallest absolute Gasteiger partial charge is 0.407 e. The average Bonchev–Trinajstić information content (AvgIpc) is 2.59. The molecule has 1 aromatic rings. The van der Waals surface area contributed by atoms with Gasteiger partial charge in [0.25, 0.3) is 0 Å². The Morgan fingerprint density at radius 1 is 1.04 bits per heavy atom. The maximum absolute atomic E-state index is 12.3. The van der Waals surface area contributed by atoms with E-state index in [0.717, 1.165) is 24.8 Å². The van der Waals surface area contributed by atoms with Gasteiger partial charge in [-0.2, -0.15) is 0 Å². The summed E-state index contributed by atoms with van der Waals surface area (Å²) in [6, 6.07) is 8.69. The molecule has 0 saturated carbocycles. The molecule has 134 valence electrons. The third-order valence-electron chi connectivity index (χ3n) is 3.37. The number of nitrogens with one attached hydrogen (secondary N) is 1. The minimum atomic E-state index is -0.774. The fourth-order valence-corrected chi connectivity index (χ4v) is 2.07. The molecule has 6 nitrogen and oxygen atoms in total. The van der Waals surface area contributed by atoms with Gasteiger partial charge >= 0.3 is 12.1 Å². The minimum absolute atomic E-state index is 0.131. The fraction of sp³-hybridized carbons (Fsp3) is 0.556. The number of rotatable bonds is 11. The molecule has 0 aliphatic heterocycles.